The molecule has 36 heavy (non-hydrogen) atoms. The van der Waals surface area contributed by atoms with E-state index in [1.165, 1.54) is 5.69 Å². The first-order chi connectivity index (χ1) is 17.7. The summed E-state index contributed by atoms with van der Waals surface area (Å²) in [5.41, 5.74) is 9.32. The molecule has 2 N–H and O–H groups in total. The Morgan fingerprint density at radius 1 is 0.806 bits per heavy atom. The van der Waals surface area contributed by atoms with Gasteiger partial charge in [-0.15, -0.1) is 0 Å². The number of hydrogen-bond acceptors (Lipinski definition) is 8. The van der Waals surface area contributed by atoms with Gasteiger partial charge in [0, 0.05) is 60.5 Å². The standard InChI is InChI=1S/C27H24N8O/c28-25-15-19(5-8-29-25)1-3-22-6-9-30-26(32-22)24-7-10-31-27(33-24)35-17-20-2-4-23(16-21(20)18-35)34-11-13-36-14-12-34/h1-10,15-18H,11-14H2,(H2,28,29)/b3-1+. The number of nitrogens with two attached hydrogens (primary N) is 1. The fraction of sp³-hybridized carbons (Fsp3) is 0.148. The minimum absolute atomic E-state index is 0.476. The molecule has 9 nitrogen and oxygen atoms in total. The summed E-state index contributed by atoms with van der Waals surface area (Å²) < 4.78 is 7.42. The third-order valence-corrected chi connectivity index (χ3v) is 6.03. The van der Waals surface area contributed by atoms with Crippen LogP contribution in [-0.2, 0) is 4.74 Å². The van der Waals surface area contributed by atoms with Crippen LogP contribution in [0, 0.1) is 0 Å². The van der Waals surface area contributed by atoms with Crippen molar-refractivity contribution in [3.63, 3.8) is 0 Å². The van der Waals surface area contributed by atoms with Crippen LogP contribution in [0.2, 0.25) is 0 Å². The highest BCUT2D eigenvalue weighted by Gasteiger charge is 2.13. The number of ether oxygens (including phenoxy) is 1. The molecular formula is C27H24N8O. The van der Waals surface area contributed by atoms with Crippen LogP contribution >= 0.6 is 0 Å². The highest BCUT2D eigenvalue weighted by atomic mass is 16.5. The first-order valence-corrected chi connectivity index (χ1v) is 11.7. The van der Waals surface area contributed by atoms with Crippen molar-refractivity contribution in [2.24, 2.45) is 0 Å². The second kappa shape index (κ2) is 9.55. The first kappa shape index (κ1) is 21.9. The lowest BCUT2D eigenvalue weighted by Crippen LogP contribution is -2.36. The van der Waals surface area contributed by atoms with E-state index in [1.54, 1.807) is 24.7 Å². The van der Waals surface area contributed by atoms with Crippen LogP contribution in [0.5, 0.6) is 0 Å². The molecule has 0 bridgehead atoms. The summed E-state index contributed by atoms with van der Waals surface area (Å²) >= 11 is 0. The minimum Gasteiger partial charge on any atom is -0.384 e. The van der Waals surface area contributed by atoms with Crippen molar-refractivity contribution in [1.29, 1.82) is 0 Å². The number of anilines is 2. The van der Waals surface area contributed by atoms with Crippen molar-refractivity contribution >= 4 is 34.4 Å². The number of pyridine rings is 1. The maximum Gasteiger partial charge on any atom is 0.234 e. The van der Waals surface area contributed by atoms with Gasteiger partial charge in [0.25, 0.3) is 0 Å². The van der Waals surface area contributed by atoms with Crippen LogP contribution in [0.25, 0.3) is 40.4 Å². The summed E-state index contributed by atoms with van der Waals surface area (Å²) in [6, 6.07) is 13.8. The monoisotopic (exact) mass is 476 g/mol. The highest BCUT2D eigenvalue weighted by Crippen LogP contribution is 2.25. The Kier molecular flexibility index (Phi) is 5.80. The predicted molar refractivity (Wildman–Crippen MR) is 141 cm³/mol. The molecule has 178 valence electrons. The molecule has 0 saturated carbocycles. The molecule has 1 fully saturated rings. The Hall–Kier alpha value is -4.63. The van der Waals surface area contributed by atoms with E-state index >= 15 is 0 Å². The Labute approximate surface area is 208 Å². The van der Waals surface area contributed by atoms with Gasteiger partial charge in [-0.25, -0.2) is 24.9 Å². The molecular weight excluding hydrogens is 452 g/mol. The van der Waals surface area contributed by atoms with Gasteiger partial charge in [0.1, 0.15) is 11.5 Å². The average molecular weight is 477 g/mol. The summed E-state index contributed by atoms with van der Waals surface area (Å²) in [5, 5.41) is 2.26. The van der Waals surface area contributed by atoms with E-state index < -0.39 is 0 Å². The second-order valence-electron chi connectivity index (χ2n) is 8.47. The third-order valence-electron chi connectivity index (χ3n) is 6.03. The lowest BCUT2D eigenvalue weighted by atomic mass is 10.2. The van der Waals surface area contributed by atoms with Crippen LogP contribution in [-0.4, -0.2) is 55.8 Å². The zero-order chi connectivity index (χ0) is 24.3. The summed E-state index contributed by atoms with van der Waals surface area (Å²) in [7, 11) is 0. The smallest absolute Gasteiger partial charge is 0.234 e. The summed E-state index contributed by atoms with van der Waals surface area (Å²) in [6.45, 7) is 3.33. The minimum atomic E-state index is 0.476. The van der Waals surface area contributed by atoms with Crippen molar-refractivity contribution in [2.75, 3.05) is 36.9 Å². The molecule has 4 aromatic heterocycles. The lowest BCUT2D eigenvalue weighted by Gasteiger charge is -2.28. The maximum atomic E-state index is 5.76. The molecule has 0 unspecified atom stereocenters. The predicted octanol–water partition coefficient (Wildman–Crippen LogP) is 3.86. The summed E-state index contributed by atoms with van der Waals surface area (Å²) in [4.78, 5) is 24.7. The van der Waals surface area contributed by atoms with E-state index in [2.05, 4.69) is 49.2 Å². The van der Waals surface area contributed by atoms with E-state index in [-0.39, 0.29) is 0 Å². The molecule has 0 aliphatic carbocycles. The quantitative estimate of drug-likeness (QED) is 0.407. The molecule has 1 saturated heterocycles. The third kappa shape index (κ3) is 4.64. The first-order valence-electron chi connectivity index (χ1n) is 11.7. The summed E-state index contributed by atoms with van der Waals surface area (Å²) in [5.74, 6) is 1.57. The molecule has 1 aliphatic heterocycles. The Balaban J connectivity index is 1.27. The maximum absolute atomic E-state index is 5.76. The van der Waals surface area contributed by atoms with E-state index in [0.29, 0.717) is 23.3 Å². The molecule has 5 heterocycles. The number of rotatable bonds is 5. The van der Waals surface area contributed by atoms with Crippen LogP contribution in [0.4, 0.5) is 11.5 Å². The fourth-order valence-corrected chi connectivity index (χ4v) is 4.20. The van der Waals surface area contributed by atoms with Gasteiger partial charge in [-0.1, -0.05) is 12.1 Å². The van der Waals surface area contributed by atoms with Crippen LogP contribution in [0.1, 0.15) is 11.3 Å². The largest absolute Gasteiger partial charge is 0.384 e. The van der Waals surface area contributed by atoms with Crippen molar-refractivity contribution in [1.82, 2.24) is 29.5 Å². The number of nitrogen functional groups attached to an aromatic ring is 1. The van der Waals surface area contributed by atoms with Gasteiger partial charge in [-0.2, -0.15) is 0 Å². The van der Waals surface area contributed by atoms with Gasteiger partial charge in [-0.05, 0) is 48.0 Å². The highest BCUT2D eigenvalue weighted by molar-refractivity contribution is 5.86. The van der Waals surface area contributed by atoms with E-state index in [0.717, 1.165) is 48.3 Å². The van der Waals surface area contributed by atoms with Gasteiger partial charge in [0.05, 0.1) is 18.9 Å². The van der Waals surface area contributed by atoms with Gasteiger partial charge in [-0.3, -0.25) is 4.57 Å². The number of aromatic nitrogens is 6. The van der Waals surface area contributed by atoms with Crippen molar-refractivity contribution in [2.45, 2.75) is 0 Å². The van der Waals surface area contributed by atoms with Crippen LogP contribution < -0.4 is 10.6 Å². The molecule has 9 heteroatoms. The molecule has 0 amide bonds. The van der Waals surface area contributed by atoms with Crippen LogP contribution in [0.3, 0.4) is 0 Å². The molecule has 5 aromatic rings. The normalized spacial score (nSPS) is 14.1. The van der Waals surface area contributed by atoms with E-state index in [4.69, 9.17) is 15.5 Å². The van der Waals surface area contributed by atoms with Gasteiger partial charge in [0.15, 0.2) is 5.82 Å². The SMILES string of the molecule is Nc1cc(/C=C/c2ccnc(-c3ccnc(-n4cc5ccc(N6CCOCC6)cc5c4)n3)n2)ccn1. The van der Waals surface area contributed by atoms with Crippen molar-refractivity contribution in [3.05, 3.63) is 84.7 Å². The number of fused-ring (bicyclic) bond motifs is 1. The zero-order valence-electron chi connectivity index (χ0n) is 19.5. The van der Waals surface area contributed by atoms with Crippen molar-refractivity contribution in [3.8, 4) is 17.5 Å². The zero-order valence-corrected chi connectivity index (χ0v) is 19.5. The van der Waals surface area contributed by atoms with Gasteiger partial charge < -0.3 is 15.4 Å². The molecule has 0 atom stereocenters. The molecule has 1 aliphatic rings. The fourth-order valence-electron chi connectivity index (χ4n) is 4.20. The van der Waals surface area contributed by atoms with E-state index in [1.807, 2.05) is 41.1 Å². The number of hydrogen-bond donors (Lipinski definition) is 1. The van der Waals surface area contributed by atoms with Gasteiger partial charge in [0.2, 0.25) is 5.95 Å². The Bertz CT molecular complexity index is 1550. The number of nitrogens with zero attached hydrogens (tertiary/aromatic N) is 7. The van der Waals surface area contributed by atoms with Gasteiger partial charge >= 0.3 is 0 Å². The summed E-state index contributed by atoms with van der Waals surface area (Å²) in [6.07, 6.45) is 13.1. The van der Waals surface area contributed by atoms with Crippen molar-refractivity contribution < 1.29 is 4.74 Å². The van der Waals surface area contributed by atoms with Crippen LogP contribution in [0.15, 0.2) is 73.4 Å². The molecule has 0 radical (unpaired) electrons. The second-order valence-corrected chi connectivity index (χ2v) is 8.47. The number of benzene rings is 1. The average Bonchev–Trinajstić information content (AvgIpc) is 3.36. The molecule has 6 rings (SSSR count). The molecule has 1 aromatic carbocycles. The van der Waals surface area contributed by atoms with E-state index in [9.17, 15) is 0 Å². The Morgan fingerprint density at radius 2 is 1.64 bits per heavy atom. The lowest BCUT2D eigenvalue weighted by molar-refractivity contribution is 0.122. The topological polar surface area (TPSA) is 108 Å². The number of morpholine rings is 1. The molecule has 0 spiro atoms. The Morgan fingerprint density at radius 3 is 2.53 bits per heavy atom.